The molecule has 0 unspecified atom stereocenters. The highest BCUT2D eigenvalue weighted by molar-refractivity contribution is 5.46. The molecule has 0 atom stereocenters. The molecule has 0 radical (unpaired) electrons. The Morgan fingerprint density at radius 3 is 2.29 bits per heavy atom. The molecule has 0 fully saturated rings. The van der Waals surface area contributed by atoms with Crippen molar-refractivity contribution in [3.63, 3.8) is 0 Å². The van der Waals surface area contributed by atoms with Gasteiger partial charge in [-0.05, 0) is 12.1 Å². The Morgan fingerprint density at radius 2 is 1.86 bits per heavy atom. The Labute approximate surface area is 76.0 Å². The van der Waals surface area contributed by atoms with Crippen LogP contribution in [0.1, 0.15) is 11.1 Å². The third-order valence-corrected chi connectivity index (χ3v) is 1.51. The van der Waals surface area contributed by atoms with E-state index in [0.29, 0.717) is 6.07 Å². The van der Waals surface area contributed by atoms with Crippen molar-refractivity contribution in [3.05, 3.63) is 29.1 Å². The summed E-state index contributed by atoms with van der Waals surface area (Å²) in [7, 11) is 0. The number of aromatic hydroxyl groups is 1. The maximum atomic E-state index is 12.7. The van der Waals surface area contributed by atoms with Crippen molar-refractivity contribution in [3.8, 4) is 11.8 Å². The summed E-state index contributed by atoms with van der Waals surface area (Å²) in [6.45, 7) is 0. The number of hydrogen-bond acceptors (Lipinski definition) is 2. The third-order valence-electron chi connectivity index (χ3n) is 1.51. The van der Waals surface area contributed by atoms with Crippen LogP contribution in [0.5, 0.6) is 5.75 Å². The van der Waals surface area contributed by atoms with Crippen LogP contribution in [-0.2, 0) is 6.18 Å². The Kier molecular flexibility index (Phi) is 2.34. The first-order valence-electron chi connectivity index (χ1n) is 3.36. The van der Waals surface area contributed by atoms with Gasteiger partial charge in [-0.2, -0.15) is 18.4 Å². The number of phenolic OH excluding ortho intramolecular Hbond substituents is 1. The maximum absolute atomic E-state index is 12.7. The number of nitrogens with zero attached hydrogens (tertiary/aromatic N) is 1. The van der Waals surface area contributed by atoms with Crippen molar-refractivity contribution < 1.29 is 22.7 Å². The lowest BCUT2D eigenvalue weighted by atomic mass is 10.1. The van der Waals surface area contributed by atoms with Crippen LogP contribution in [0.3, 0.4) is 0 Å². The highest BCUT2D eigenvalue weighted by Crippen LogP contribution is 2.33. The summed E-state index contributed by atoms with van der Waals surface area (Å²) in [6.07, 6.45) is -4.74. The van der Waals surface area contributed by atoms with E-state index in [1.807, 2.05) is 0 Å². The molecule has 1 aromatic rings. The minimum absolute atomic E-state index is 0.135. The smallest absolute Gasteiger partial charge is 0.416 e. The van der Waals surface area contributed by atoms with E-state index in [0.717, 1.165) is 0 Å². The molecule has 2 nitrogen and oxygen atoms in total. The van der Waals surface area contributed by atoms with Gasteiger partial charge in [0.05, 0.1) is 11.1 Å². The Balaban J connectivity index is 3.40. The second kappa shape index (κ2) is 3.18. The van der Waals surface area contributed by atoms with Gasteiger partial charge in [0.25, 0.3) is 0 Å². The van der Waals surface area contributed by atoms with Crippen LogP contribution in [0, 0.1) is 17.1 Å². The molecule has 0 aromatic heterocycles. The van der Waals surface area contributed by atoms with Crippen LogP contribution in [0.2, 0.25) is 0 Å². The first-order chi connectivity index (χ1) is 6.36. The van der Waals surface area contributed by atoms with Crippen molar-refractivity contribution in [1.82, 2.24) is 0 Å². The fourth-order valence-corrected chi connectivity index (χ4v) is 0.848. The number of alkyl halides is 3. The van der Waals surface area contributed by atoms with Crippen molar-refractivity contribution >= 4 is 0 Å². The van der Waals surface area contributed by atoms with Gasteiger partial charge in [0, 0.05) is 0 Å². The monoisotopic (exact) mass is 205 g/mol. The SMILES string of the molecule is N#Cc1cc(C(F)(F)F)cc(F)c1O. The van der Waals surface area contributed by atoms with Crippen molar-refractivity contribution in [1.29, 1.82) is 5.26 Å². The predicted molar refractivity (Wildman–Crippen MR) is 37.8 cm³/mol. The van der Waals surface area contributed by atoms with Crippen LogP contribution in [0.15, 0.2) is 12.1 Å². The molecule has 0 aliphatic heterocycles. The summed E-state index contributed by atoms with van der Waals surface area (Å²) in [5.41, 5.74) is -2.04. The van der Waals surface area contributed by atoms with E-state index in [-0.39, 0.29) is 6.07 Å². The van der Waals surface area contributed by atoms with Gasteiger partial charge < -0.3 is 5.11 Å². The van der Waals surface area contributed by atoms with Crippen LogP contribution < -0.4 is 0 Å². The van der Waals surface area contributed by atoms with Gasteiger partial charge in [0.15, 0.2) is 11.6 Å². The molecule has 1 aromatic carbocycles. The standard InChI is InChI=1S/C8H3F4NO/c9-6-2-5(8(10,11)12)1-4(3-13)7(6)14/h1-2,14H. The number of rotatable bonds is 0. The molecule has 1 N–H and O–H groups in total. The Morgan fingerprint density at radius 1 is 1.29 bits per heavy atom. The van der Waals surface area contributed by atoms with Gasteiger partial charge in [-0.1, -0.05) is 0 Å². The van der Waals surface area contributed by atoms with Crippen molar-refractivity contribution in [2.24, 2.45) is 0 Å². The molecule has 6 heteroatoms. The first-order valence-corrected chi connectivity index (χ1v) is 3.36. The summed E-state index contributed by atoms with van der Waals surface area (Å²) >= 11 is 0. The van der Waals surface area contributed by atoms with E-state index in [4.69, 9.17) is 10.4 Å². The van der Waals surface area contributed by atoms with E-state index < -0.39 is 28.9 Å². The molecular weight excluding hydrogens is 202 g/mol. The fraction of sp³-hybridized carbons (Fsp3) is 0.125. The number of halogens is 4. The van der Waals surface area contributed by atoms with Crippen LogP contribution >= 0.6 is 0 Å². The molecule has 0 bridgehead atoms. The molecule has 14 heavy (non-hydrogen) atoms. The molecule has 0 amide bonds. The first kappa shape index (κ1) is 10.3. The van der Waals surface area contributed by atoms with E-state index in [9.17, 15) is 17.6 Å². The van der Waals surface area contributed by atoms with E-state index in [2.05, 4.69) is 0 Å². The van der Waals surface area contributed by atoms with Gasteiger partial charge in [0.1, 0.15) is 6.07 Å². The molecule has 74 valence electrons. The average molecular weight is 205 g/mol. The molecule has 0 aliphatic carbocycles. The van der Waals surface area contributed by atoms with Gasteiger partial charge in [-0.3, -0.25) is 0 Å². The van der Waals surface area contributed by atoms with Crippen molar-refractivity contribution in [2.75, 3.05) is 0 Å². The van der Waals surface area contributed by atoms with Crippen LogP contribution in [0.25, 0.3) is 0 Å². The third kappa shape index (κ3) is 1.76. The summed E-state index contributed by atoms with van der Waals surface area (Å²) in [6, 6.07) is 1.78. The topological polar surface area (TPSA) is 44.0 Å². The summed E-state index contributed by atoms with van der Waals surface area (Å²) in [5.74, 6) is -2.53. The van der Waals surface area contributed by atoms with E-state index >= 15 is 0 Å². The molecule has 0 saturated heterocycles. The lowest BCUT2D eigenvalue weighted by molar-refractivity contribution is -0.137. The quantitative estimate of drug-likeness (QED) is 0.661. The molecular formula is C8H3F4NO. The maximum Gasteiger partial charge on any atom is 0.416 e. The summed E-state index contributed by atoms with van der Waals surface area (Å²) < 4.78 is 48.8. The van der Waals surface area contributed by atoms with Gasteiger partial charge in [-0.15, -0.1) is 0 Å². The van der Waals surface area contributed by atoms with Crippen molar-refractivity contribution in [2.45, 2.75) is 6.18 Å². The lowest BCUT2D eigenvalue weighted by Gasteiger charge is -2.07. The Bertz CT molecular complexity index is 405. The molecule has 1 rings (SSSR count). The minimum Gasteiger partial charge on any atom is -0.504 e. The fourth-order valence-electron chi connectivity index (χ4n) is 0.848. The normalized spacial score (nSPS) is 11.1. The largest absolute Gasteiger partial charge is 0.504 e. The second-order valence-corrected chi connectivity index (χ2v) is 2.46. The molecule has 0 heterocycles. The summed E-state index contributed by atoms with van der Waals surface area (Å²) in [4.78, 5) is 0. The predicted octanol–water partition coefficient (Wildman–Crippen LogP) is 2.42. The number of nitriles is 1. The van der Waals surface area contributed by atoms with Crippen LogP contribution in [-0.4, -0.2) is 5.11 Å². The molecule has 0 saturated carbocycles. The van der Waals surface area contributed by atoms with E-state index in [1.165, 1.54) is 6.07 Å². The molecule has 0 aliphatic rings. The number of hydrogen-bond donors (Lipinski definition) is 1. The molecule has 0 spiro atoms. The van der Waals surface area contributed by atoms with Crippen LogP contribution in [0.4, 0.5) is 17.6 Å². The van der Waals surface area contributed by atoms with E-state index in [1.54, 1.807) is 0 Å². The van der Waals surface area contributed by atoms with Gasteiger partial charge >= 0.3 is 6.18 Å². The Hall–Kier alpha value is -1.77. The zero-order chi connectivity index (χ0) is 10.9. The highest BCUT2D eigenvalue weighted by atomic mass is 19.4. The number of benzene rings is 1. The zero-order valence-electron chi connectivity index (χ0n) is 6.56. The number of phenols is 1. The summed E-state index contributed by atoms with van der Waals surface area (Å²) in [5, 5.41) is 17.1. The second-order valence-electron chi connectivity index (χ2n) is 2.46. The van der Waals surface area contributed by atoms with Gasteiger partial charge in [0.2, 0.25) is 0 Å². The van der Waals surface area contributed by atoms with Gasteiger partial charge in [-0.25, -0.2) is 4.39 Å². The minimum atomic E-state index is -4.74. The highest BCUT2D eigenvalue weighted by Gasteiger charge is 2.32. The average Bonchev–Trinajstić information content (AvgIpc) is 2.07. The zero-order valence-corrected chi connectivity index (χ0v) is 6.56. The lowest BCUT2D eigenvalue weighted by Crippen LogP contribution is -2.06.